The van der Waals surface area contributed by atoms with Gasteiger partial charge in [-0.05, 0) is 24.3 Å². The number of nitrogens with one attached hydrogen (secondary N) is 1. The maximum absolute atomic E-state index is 11.3. The highest BCUT2D eigenvalue weighted by Gasteiger charge is 2.10. The Bertz CT molecular complexity index is 538. The summed E-state index contributed by atoms with van der Waals surface area (Å²) in [7, 11) is 0. The van der Waals surface area contributed by atoms with E-state index in [4.69, 9.17) is 21.8 Å². The SMILES string of the molecule is NCCC(=O)Nc1nnc(-c2ccc(Cl)cc2)o1. The summed E-state index contributed by atoms with van der Waals surface area (Å²) in [6, 6.07) is 6.99. The molecule has 0 aliphatic rings. The van der Waals surface area contributed by atoms with Gasteiger partial charge in [-0.25, -0.2) is 0 Å². The van der Waals surface area contributed by atoms with Gasteiger partial charge in [0.2, 0.25) is 11.8 Å². The van der Waals surface area contributed by atoms with Crippen molar-refractivity contribution in [2.24, 2.45) is 5.73 Å². The number of carbonyl (C=O) groups is 1. The molecule has 18 heavy (non-hydrogen) atoms. The topological polar surface area (TPSA) is 94.0 Å². The summed E-state index contributed by atoms with van der Waals surface area (Å²) in [6.45, 7) is 0.268. The number of rotatable bonds is 4. The lowest BCUT2D eigenvalue weighted by Gasteiger charge is -1.97. The Kier molecular flexibility index (Phi) is 3.91. The van der Waals surface area contributed by atoms with Gasteiger partial charge in [0.25, 0.3) is 0 Å². The summed E-state index contributed by atoms with van der Waals surface area (Å²) in [6.07, 6.45) is 0.207. The first-order chi connectivity index (χ1) is 8.69. The molecule has 2 aromatic rings. The van der Waals surface area contributed by atoms with E-state index >= 15 is 0 Å². The van der Waals surface area contributed by atoms with Crippen molar-refractivity contribution in [1.29, 1.82) is 0 Å². The van der Waals surface area contributed by atoms with Crippen LogP contribution in [0, 0.1) is 0 Å². The molecule has 0 saturated carbocycles. The average Bonchev–Trinajstić information content (AvgIpc) is 2.78. The van der Waals surface area contributed by atoms with Crippen LogP contribution in [0.15, 0.2) is 28.7 Å². The minimum atomic E-state index is -0.260. The van der Waals surface area contributed by atoms with Crippen LogP contribution in [0.5, 0.6) is 0 Å². The average molecular weight is 267 g/mol. The van der Waals surface area contributed by atoms with Crippen LogP contribution in [0.3, 0.4) is 0 Å². The van der Waals surface area contributed by atoms with Crippen molar-refractivity contribution in [1.82, 2.24) is 10.2 Å². The molecule has 1 aromatic carbocycles. The first-order valence-corrected chi connectivity index (χ1v) is 5.66. The Balaban J connectivity index is 2.10. The summed E-state index contributed by atoms with van der Waals surface area (Å²) in [5.74, 6) is 0.0542. The highest BCUT2D eigenvalue weighted by Crippen LogP contribution is 2.21. The van der Waals surface area contributed by atoms with Gasteiger partial charge in [0.05, 0.1) is 0 Å². The van der Waals surface area contributed by atoms with Crippen LogP contribution < -0.4 is 11.1 Å². The molecular formula is C11H11ClN4O2. The van der Waals surface area contributed by atoms with Gasteiger partial charge >= 0.3 is 6.01 Å². The molecule has 0 aliphatic heterocycles. The van der Waals surface area contributed by atoms with Crippen molar-refractivity contribution >= 4 is 23.5 Å². The molecule has 0 saturated heterocycles. The smallest absolute Gasteiger partial charge is 0.322 e. The molecule has 0 fully saturated rings. The first kappa shape index (κ1) is 12.5. The molecule has 6 nitrogen and oxygen atoms in total. The molecular weight excluding hydrogens is 256 g/mol. The van der Waals surface area contributed by atoms with Crippen molar-refractivity contribution in [3.8, 4) is 11.5 Å². The fourth-order valence-corrected chi connectivity index (χ4v) is 1.42. The van der Waals surface area contributed by atoms with Crippen LogP contribution in [0.1, 0.15) is 6.42 Å². The van der Waals surface area contributed by atoms with E-state index in [1.54, 1.807) is 24.3 Å². The minimum Gasteiger partial charge on any atom is -0.403 e. The summed E-state index contributed by atoms with van der Waals surface area (Å²) in [4.78, 5) is 11.3. The van der Waals surface area contributed by atoms with Gasteiger partial charge in [-0.3, -0.25) is 10.1 Å². The maximum Gasteiger partial charge on any atom is 0.322 e. The Labute approximate surface area is 108 Å². The molecule has 0 radical (unpaired) electrons. The van der Waals surface area contributed by atoms with E-state index in [1.807, 2.05) is 0 Å². The van der Waals surface area contributed by atoms with E-state index in [1.165, 1.54) is 0 Å². The fraction of sp³-hybridized carbons (Fsp3) is 0.182. The van der Waals surface area contributed by atoms with Gasteiger partial charge in [0.15, 0.2) is 0 Å². The van der Waals surface area contributed by atoms with Gasteiger partial charge in [-0.1, -0.05) is 16.7 Å². The number of nitrogens with zero attached hydrogens (tertiary/aromatic N) is 2. The molecule has 0 atom stereocenters. The van der Waals surface area contributed by atoms with Crippen LogP contribution in [-0.4, -0.2) is 22.6 Å². The quantitative estimate of drug-likeness (QED) is 0.878. The van der Waals surface area contributed by atoms with Crippen LogP contribution in [0.25, 0.3) is 11.5 Å². The zero-order chi connectivity index (χ0) is 13.0. The lowest BCUT2D eigenvalue weighted by atomic mass is 10.2. The van der Waals surface area contributed by atoms with E-state index in [0.29, 0.717) is 10.9 Å². The van der Waals surface area contributed by atoms with Crippen molar-refractivity contribution < 1.29 is 9.21 Å². The van der Waals surface area contributed by atoms with Gasteiger partial charge in [-0.15, -0.1) is 5.10 Å². The normalized spacial score (nSPS) is 10.3. The van der Waals surface area contributed by atoms with Crippen molar-refractivity contribution in [3.63, 3.8) is 0 Å². The second-order valence-electron chi connectivity index (χ2n) is 3.51. The van der Waals surface area contributed by atoms with Crippen LogP contribution in [0.4, 0.5) is 6.01 Å². The molecule has 0 spiro atoms. The lowest BCUT2D eigenvalue weighted by molar-refractivity contribution is -0.116. The van der Waals surface area contributed by atoms with E-state index in [9.17, 15) is 4.79 Å². The Morgan fingerprint density at radius 1 is 1.33 bits per heavy atom. The fourth-order valence-electron chi connectivity index (χ4n) is 1.30. The summed E-state index contributed by atoms with van der Waals surface area (Å²) < 4.78 is 5.29. The van der Waals surface area contributed by atoms with Crippen LogP contribution in [0.2, 0.25) is 5.02 Å². The number of carbonyl (C=O) groups excluding carboxylic acids is 1. The van der Waals surface area contributed by atoms with Gasteiger partial charge < -0.3 is 10.2 Å². The number of anilines is 1. The molecule has 0 unspecified atom stereocenters. The number of halogens is 1. The zero-order valence-corrected chi connectivity index (χ0v) is 10.1. The first-order valence-electron chi connectivity index (χ1n) is 5.28. The third kappa shape index (κ3) is 3.06. The predicted molar refractivity (Wildman–Crippen MR) is 67.0 cm³/mol. The minimum absolute atomic E-state index is 0.0541. The molecule has 0 bridgehead atoms. The number of nitrogens with two attached hydrogens (primary N) is 1. The number of hydrogen-bond donors (Lipinski definition) is 2. The second kappa shape index (κ2) is 5.61. The summed E-state index contributed by atoms with van der Waals surface area (Å²) in [5, 5.41) is 10.6. The van der Waals surface area contributed by atoms with Crippen LogP contribution >= 0.6 is 11.6 Å². The van der Waals surface area contributed by atoms with E-state index in [-0.39, 0.29) is 24.9 Å². The molecule has 1 amide bonds. The Morgan fingerprint density at radius 3 is 2.72 bits per heavy atom. The van der Waals surface area contributed by atoms with E-state index in [2.05, 4.69) is 15.5 Å². The third-order valence-electron chi connectivity index (χ3n) is 2.13. The third-order valence-corrected chi connectivity index (χ3v) is 2.39. The largest absolute Gasteiger partial charge is 0.403 e. The monoisotopic (exact) mass is 266 g/mol. The standard InChI is InChI=1S/C11H11ClN4O2/c12-8-3-1-7(2-4-8)10-15-16-11(18-10)14-9(17)5-6-13/h1-4H,5-6,13H2,(H,14,16,17). The molecule has 2 rings (SSSR count). The van der Waals surface area contributed by atoms with Gasteiger partial charge in [-0.2, -0.15) is 0 Å². The van der Waals surface area contributed by atoms with Crippen LogP contribution in [-0.2, 0) is 4.79 Å². The molecule has 7 heteroatoms. The molecule has 3 N–H and O–H groups in total. The highest BCUT2D eigenvalue weighted by atomic mass is 35.5. The number of hydrogen-bond acceptors (Lipinski definition) is 5. The molecule has 1 heterocycles. The molecule has 0 aliphatic carbocycles. The number of benzene rings is 1. The summed E-state index contributed by atoms with van der Waals surface area (Å²) in [5.41, 5.74) is 5.98. The lowest BCUT2D eigenvalue weighted by Crippen LogP contribution is -2.16. The predicted octanol–water partition coefficient (Wildman–Crippen LogP) is 1.68. The van der Waals surface area contributed by atoms with Gasteiger partial charge in [0, 0.05) is 23.6 Å². The van der Waals surface area contributed by atoms with E-state index < -0.39 is 0 Å². The number of aromatic nitrogens is 2. The highest BCUT2D eigenvalue weighted by molar-refractivity contribution is 6.30. The van der Waals surface area contributed by atoms with Crippen molar-refractivity contribution in [2.75, 3.05) is 11.9 Å². The second-order valence-corrected chi connectivity index (χ2v) is 3.94. The Hall–Kier alpha value is -1.92. The number of amides is 1. The van der Waals surface area contributed by atoms with Crippen molar-refractivity contribution in [3.05, 3.63) is 29.3 Å². The molecule has 94 valence electrons. The van der Waals surface area contributed by atoms with Crippen molar-refractivity contribution in [2.45, 2.75) is 6.42 Å². The van der Waals surface area contributed by atoms with E-state index in [0.717, 1.165) is 5.56 Å². The molecule has 1 aromatic heterocycles. The summed E-state index contributed by atoms with van der Waals surface area (Å²) >= 11 is 5.77. The Morgan fingerprint density at radius 2 is 2.06 bits per heavy atom. The maximum atomic E-state index is 11.3. The zero-order valence-electron chi connectivity index (χ0n) is 9.39. The van der Waals surface area contributed by atoms with Gasteiger partial charge in [0.1, 0.15) is 0 Å².